The van der Waals surface area contributed by atoms with E-state index in [4.69, 9.17) is 4.74 Å². The van der Waals surface area contributed by atoms with Crippen molar-refractivity contribution in [1.82, 2.24) is 19.4 Å². The fraction of sp³-hybridized carbons (Fsp3) is 0.440. The van der Waals surface area contributed by atoms with E-state index in [-0.39, 0.29) is 17.4 Å². The first kappa shape index (κ1) is 22.2. The lowest BCUT2D eigenvalue weighted by Crippen LogP contribution is -2.52. The summed E-state index contributed by atoms with van der Waals surface area (Å²) in [5.41, 5.74) is 2.25. The van der Waals surface area contributed by atoms with Crippen molar-refractivity contribution in [1.29, 1.82) is 0 Å². The van der Waals surface area contributed by atoms with E-state index >= 15 is 0 Å². The average molecular weight is 463 g/mol. The van der Waals surface area contributed by atoms with Crippen molar-refractivity contribution in [2.45, 2.75) is 12.8 Å². The molecule has 178 valence electrons. The van der Waals surface area contributed by atoms with Crippen LogP contribution in [0.25, 0.3) is 11.2 Å². The number of piperidine rings is 1. The van der Waals surface area contributed by atoms with Crippen LogP contribution in [-0.4, -0.2) is 71.7 Å². The van der Waals surface area contributed by atoms with Crippen molar-refractivity contribution in [2.75, 3.05) is 56.2 Å². The molecule has 1 aromatic carbocycles. The van der Waals surface area contributed by atoms with Crippen LogP contribution in [0.15, 0.2) is 47.4 Å². The molecule has 3 aromatic rings. The number of aryl methyl sites for hydroxylation is 1. The van der Waals surface area contributed by atoms with Crippen LogP contribution in [0, 0.1) is 5.92 Å². The zero-order valence-corrected chi connectivity index (χ0v) is 19.7. The second-order valence-electron chi connectivity index (χ2n) is 8.92. The molecule has 2 fully saturated rings. The van der Waals surface area contributed by atoms with Crippen LogP contribution in [0.2, 0.25) is 0 Å². The molecule has 0 bridgehead atoms. The molecule has 0 spiro atoms. The molecule has 1 amide bonds. The van der Waals surface area contributed by atoms with Crippen molar-refractivity contribution in [3.05, 3.63) is 52.9 Å². The van der Waals surface area contributed by atoms with Crippen molar-refractivity contribution < 1.29 is 9.53 Å². The molecule has 34 heavy (non-hydrogen) atoms. The summed E-state index contributed by atoms with van der Waals surface area (Å²) >= 11 is 0. The van der Waals surface area contributed by atoms with Gasteiger partial charge in [-0.05, 0) is 37.1 Å². The maximum absolute atomic E-state index is 13.2. The number of anilines is 2. The predicted octanol–water partition coefficient (Wildman–Crippen LogP) is 1.90. The van der Waals surface area contributed by atoms with Crippen LogP contribution < -0.4 is 20.1 Å². The van der Waals surface area contributed by atoms with Crippen LogP contribution in [0.4, 0.5) is 11.5 Å². The van der Waals surface area contributed by atoms with Gasteiger partial charge in [0.1, 0.15) is 11.3 Å². The van der Waals surface area contributed by atoms with E-state index in [2.05, 4.69) is 20.9 Å². The highest BCUT2D eigenvalue weighted by Crippen LogP contribution is 2.25. The SMILES string of the molecule is COc1cccc(N2CCN(C(=O)C3CCN(c4nc5cccnc5n(C)c4=O)CC3)CC2)c1. The minimum Gasteiger partial charge on any atom is -0.497 e. The Morgan fingerprint density at radius 1 is 1.00 bits per heavy atom. The highest BCUT2D eigenvalue weighted by Gasteiger charge is 2.31. The first-order chi connectivity index (χ1) is 16.5. The number of fused-ring (bicyclic) bond motifs is 1. The molecule has 2 aromatic heterocycles. The number of piperazine rings is 1. The van der Waals surface area contributed by atoms with Gasteiger partial charge in [0.25, 0.3) is 5.56 Å². The van der Waals surface area contributed by atoms with Gasteiger partial charge in [-0.3, -0.25) is 14.2 Å². The van der Waals surface area contributed by atoms with Crippen LogP contribution in [0.3, 0.4) is 0 Å². The van der Waals surface area contributed by atoms with Crippen LogP contribution in [-0.2, 0) is 11.8 Å². The monoisotopic (exact) mass is 462 g/mol. The number of amides is 1. The molecule has 0 atom stereocenters. The number of carbonyl (C=O) groups is 1. The number of hydrogen-bond donors (Lipinski definition) is 0. The Balaban J connectivity index is 1.19. The van der Waals surface area contributed by atoms with Crippen LogP contribution in [0.1, 0.15) is 12.8 Å². The molecule has 0 radical (unpaired) electrons. The fourth-order valence-corrected chi connectivity index (χ4v) is 4.94. The third-order valence-corrected chi connectivity index (χ3v) is 6.96. The molecule has 9 heteroatoms. The molecule has 2 aliphatic rings. The summed E-state index contributed by atoms with van der Waals surface area (Å²) < 4.78 is 6.89. The third kappa shape index (κ3) is 4.18. The Morgan fingerprint density at radius 2 is 1.76 bits per heavy atom. The topological polar surface area (TPSA) is 83.8 Å². The molecule has 9 nitrogen and oxygen atoms in total. The minimum absolute atomic E-state index is 0.00871. The molecule has 0 aliphatic carbocycles. The summed E-state index contributed by atoms with van der Waals surface area (Å²) in [5, 5.41) is 0. The smallest absolute Gasteiger partial charge is 0.294 e. The van der Waals surface area contributed by atoms with E-state index in [1.807, 2.05) is 40.1 Å². The third-order valence-electron chi connectivity index (χ3n) is 6.96. The lowest BCUT2D eigenvalue weighted by atomic mass is 9.95. The van der Waals surface area contributed by atoms with Crippen LogP contribution >= 0.6 is 0 Å². The van der Waals surface area contributed by atoms with E-state index in [9.17, 15) is 9.59 Å². The lowest BCUT2D eigenvalue weighted by molar-refractivity contribution is -0.136. The van der Waals surface area contributed by atoms with Gasteiger partial charge in [-0.25, -0.2) is 9.97 Å². The zero-order valence-electron chi connectivity index (χ0n) is 19.7. The summed E-state index contributed by atoms with van der Waals surface area (Å²) in [5.74, 6) is 1.51. The maximum atomic E-state index is 13.2. The number of pyridine rings is 1. The van der Waals surface area contributed by atoms with Gasteiger partial charge in [-0.1, -0.05) is 6.07 Å². The molecule has 0 N–H and O–H groups in total. The number of benzene rings is 1. The van der Waals surface area contributed by atoms with Gasteiger partial charge >= 0.3 is 0 Å². The van der Waals surface area contributed by atoms with Crippen molar-refractivity contribution >= 4 is 28.6 Å². The number of hydrogen-bond acceptors (Lipinski definition) is 7. The number of rotatable bonds is 4. The predicted molar refractivity (Wildman–Crippen MR) is 132 cm³/mol. The summed E-state index contributed by atoms with van der Waals surface area (Å²) in [6, 6.07) is 11.7. The van der Waals surface area contributed by atoms with E-state index in [1.54, 1.807) is 24.9 Å². The first-order valence-corrected chi connectivity index (χ1v) is 11.8. The Labute approximate surface area is 198 Å². The Morgan fingerprint density at radius 3 is 2.50 bits per heavy atom. The van der Waals surface area contributed by atoms with Gasteiger partial charge < -0.3 is 19.4 Å². The highest BCUT2D eigenvalue weighted by molar-refractivity contribution is 5.79. The first-order valence-electron chi connectivity index (χ1n) is 11.8. The maximum Gasteiger partial charge on any atom is 0.294 e. The van der Waals surface area contributed by atoms with E-state index in [0.717, 1.165) is 50.5 Å². The van der Waals surface area contributed by atoms with E-state index in [0.29, 0.717) is 30.1 Å². The molecule has 2 saturated heterocycles. The fourth-order valence-electron chi connectivity index (χ4n) is 4.94. The summed E-state index contributed by atoms with van der Waals surface area (Å²) in [6.45, 7) is 4.35. The summed E-state index contributed by atoms with van der Waals surface area (Å²) in [6.07, 6.45) is 3.12. The van der Waals surface area contributed by atoms with Crippen molar-refractivity contribution in [3.8, 4) is 5.75 Å². The number of nitrogens with zero attached hydrogens (tertiary/aromatic N) is 6. The second-order valence-corrected chi connectivity index (χ2v) is 8.92. The van der Waals surface area contributed by atoms with Gasteiger partial charge in [0, 0.05) is 70.2 Å². The summed E-state index contributed by atoms with van der Waals surface area (Å²) in [4.78, 5) is 41.2. The Bertz CT molecular complexity index is 1240. The zero-order chi connectivity index (χ0) is 23.7. The molecule has 0 unspecified atom stereocenters. The average Bonchev–Trinajstić information content (AvgIpc) is 2.90. The number of carbonyl (C=O) groups excluding carboxylic acids is 1. The number of methoxy groups -OCH3 is 1. The van der Waals surface area contributed by atoms with Crippen LogP contribution in [0.5, 0.6) is 5.75 Å². The van der Waals surface area contributed by atoms with Crippen molar-refractivity contribution in [3.63, 3.8) is 0 Å². The lowest BCUT2D eigenvalue weighted by Gasteiger charge is -2.39. The number of aromatic nitrogens is 3. The van der Waals surface area contributed by atoms with E-state index < -0.39 is 0 Å². The van der Waals surface area contributed by atoms with E-state index in [1.165, 1.54) is 0 Å². The van der Waals surface area contributed by atoms with Gasteiger partial charge in [0.15, 0.2) is 11.5 Å². The quantitative estimate of drug-likeness (QED) is 0.586. The van der Waals surface area contributed by atoms with Crippen molar-refractivity contribution in [2.24, 2.45) is 13.0 Å². The van der Waals surface area contributed by atoms with Gasteiger partial charge in [0.05, 0.1) is 7.11 Å². The second kappa shape index (κ2) is 9.32. The molecular formula is C25H30N6O3. The van der Waals surface area contributed by atoms with Gasteiger partial charge in [-0.15, -0.1) is 0 Å². The largest absolute Gasteiger partial charge is 0.497 e. The molecule has 5 rings (SSSR count). The highest BCUT2D eigenvalue weighted by atomic mass is 16.5. The van der Waals surface area contributed by atoms with Gasteiger partial charge in [0.2, 0.25) is 5.91 Å². The molecule has 4 heterocycles. The van der Waals surface area contributed by atoms with Gasteiger partial charge in [-0.2, -0.15) is 0 Å². The minimum atomic E-state index is -0.148. The Kier molecular flexibility index (Phi) is 6.08. The normalized spacial score (nSPS) is 17.3. The molecule has 0 saturated carbocycles. The molecule has 2 aliphatic heterocycles. The standard InChI is InChI=1S/C25H30N6O3/c1-28-22-21(7-4-10-26-22)27-23(25(28)33)30-11-8-18(9-12-30)24(32)31-15-13-29(14-16-31)19-5-3-6-20(17-19)34-2/h3-7,10,17-18H,8-9,11-16H2,1-2H3. The molecular weight excluding hydrogens is 432 g/mol. The Hall–Kier alpha value is -3.62. The number of ether oxygens (including phenoxy) is 1. The summed E-state index contributed by atoms with van der Waals surface area (Å²) in [7, 11) is 3.40.